The number of benzene rings is 1. The Morgan fingerprint density at radius 2 is 2.16 bits per heavy atom. The molecular formula is C13H19ClN2O3. The Hall–Kier alpha value is -1.30. The molecule has 0 radical (unpaired) electrons. The van der Waals surface area contributed by atoms with Gasteiger partial charge in [0.05, 0.1) is 16.8 Å². The number of anilines is 1. The first kappa shape index (κ1) is 15.8. The third-order valence-electron chi connectivity index (χ3n) is 2.24. The lowest BCUT2D eigenvalue weighted by Crippen LogP contribution is -2.27. The highest BCUT2D eigenvalue weighted by Crippen LogP contribution is 2.26. The molecule has 0 saturated carbocycles. The molecule has 0 spiro atoms. The van der Waals surface area contributed by atoms with Gasteiger partial charge in [0, 0.05) is 6.54 Å². The molecule has 0 aliphatic rings. The van der Waals surface area contributed by atoms with E-state index in [0.717, 1.165) is 0 Å². The molecule has 1 aromatic rings. The molecule has 0 bridgehead atoms. The molecule has 0 aliphatic carbocycles. The average Bonchev–Trinajstić information content (AvgIpc) is 2.28. The molecule has 0 unspecified atom stereocenters. The van der Waals surface area contributed by atoms with Crippen molar-refractivity contribution < 1.29 is 14.6 Å². The number of aliphatic hydroxyl groups is 1. The summed E-state index contributed by atoms with van der Waals surface area (Å²) in [6.07, 6.45) is -1.35. The first-order valence-corrected chi connectivity index (χ1v) is 6.28. The molecule has 0 aliphatic heterocycles. The van der Waals surface area contributed by atoms with E-state index in [1.165, 1.54) is 0 Å². The smallest absolute Gasteiger partial charge is 0.412 e. The number of aliphatic hydroxyl groups excluding tert-OH is 1. The quantitative estimate of drug-likeness (QED) is 0.797. The molecule has 0 fully saturated rings. The SMILES string of the molecule is CC(C)(C)OC(=O)Nc1ccc([C@@H](O)CN)cc1Cl. The fraction of sp³-hybridized carbons (Fsp3) is 0.462. The molecule has 1 amide bonds. The zero-order valence-corrected chi connectivity index (χ0v) is 12.0. The standard InChI is InChI=1S/C13H19ClN2O3/c1-13(2,3)19-12(18)16-10-5-4-8(6-9(10)14)11(17)7-15/h4-6,11,17H,7,15H2,1-3H3,(H,16,18)/t11-/m0/s1. The minimum absolute atomic E-state index is 0.106. The molecule has 1 atom stereocenters. The van der Waals surface area contributed by atoms with Gasteiger partial charge >= 0.3 is 6.09 Å². The summed E-state index contributed by atoms with van der Waals surface area (Å²) in [5, 5.41) is 12.4. The van der Waals surface area contributed by atoms with Crippen molar-refractivity contribution in [1.82, 2.24) is 0 Å². The fourth-order valence-corrected chi connectivity index (χ4v) is 1.63. The molecule has 0 heterocycles. The van der Waals surface area contributed by atoms with Gasteiger partial charge in [0.1, 0.15) is 5.60 Å². The molecule has 0 aromatic heterocycles. The third kappa shape index (κ3) is 5.06. The van der Waals surface area contributed by atoms with Crippen LogP contribution in [-0.2, 0) is 4.74 Å². The molecule has 0 saturated heterocycles. The number of nitrogens with two attached hydrogens (primary N) is 1. The Bertz CT molecular complexity index is 458. The predicted octanol–water partition coefficient (Wildman–Crippen LogP) is 2.68. The van der Waals surface area contributed by atoms with E-state index in [4.69, 9.17) is 22.1 Å². The van der Waals surface area contributed by atoms with Gasteiger partial charge < -0.3 is 15.6 Å². The van der Waals surface area contributed by atoms with E-state index in [9.17, 15) is 9.90 Å². The average molecular weight is 287 g/mol. The van der Waals surface area contributed by atoms with Gasteiger partial charge in [-0.3, -0.25) is 5.32 Å². The highest BCUT2D eigenvalue weighted by atomic mass is 35.5. The topological polar surface area (TPSA) is 84.6 Å². The van der Waals surface area contributed by atoms with Crippen molar-refractivity contribution in [3.63, 3.8) is 0 Å². The van der Waals surface area contributed by atoms with Gasteiger partial charge in [-0.05, 0) is 38.5 Å². The van der Waals surface area contributed by atoms with Crippen molar-refractivity contribution in [2.75, 3.05) is 11.9 Å². The van der Waals surface area contributed by atoms with Gasteiger partial charge in [0.2, 0.25) is 0 Å². The Labute approximate surface area is 117 Å². The highest BCUT2D eigenvalue weighted by molar-refractivity contribution is 6.33. The van der Waals surface area contributed by atoms with Crippen LogP contribution in [0.1, 0.15) is 32.4 Å². The van der Waals surface area contributed by atoms with Gasteiger partial charge in [-0.15, -0.1) is 0 Å². The van der Waals surface area contributed by atoms with E-state index < -0.39 is 17.8 Å². The van der Waals surface area contributed by atoms with Crippen LogP contribution >= 0.6 is 11.6 Å². The summed E-state index contributed by atoms with van der Waals surface area (Å²) < 4.78 is 5.12. The summed E-state index contributed by atoms with van der Waals surface area (Å²) in [7, 11) is 0. The number of nitrogens with one attached hydrogen (secondary N) is 1. The van der Waals surface area contributed by atoms with E-state index in [1.807, 2.05) is 0 Å². The number of halogens is 1. The van der Waals surface area contributed by atoms with Crippen LogP contribution in [0.2, 0.25) is 5.02 Å². The number of carbonyl (C=O) groups excluding carboxylic acids is 1. The van der Waals surface area contributed by atoms with Crippen LogP contribution in [0.25, 0.3) is 0 Å². The minimum Gasteiger partial charge on any atom is -0.444 e. The van der Waals surface area contributed by atoms with E-state index in [1.54, 1.807) is 39.0 Å². The van der Waals surface area contributed by atoms with Gasteiger partial charge in [0.25, 0.3) is 0 Å². The normalized spacial score (nSPS) is 12.9. The summed E-state index contributed by atoms with van der Waals surface area (Å²) in [6, 6.07) is 4.81. The molecule has 1 aromatic carbocycles. The third-order valence-corrected chi connectivity index (χ3v) is 2.55. The lowest BCUT2D eigenvalue weighted by atomic mass is 10.1. The van der Waals surface area contributed by atoms with Gasteiger partial charge in [-0.25, -0.2) is 4.79 Å². The fourth-order valence-electron chi connectivity index (χ4n) is 1.39. The molecule has 19 heavy (non-hydrogen) atoms. The van der Waals surface area contributed by atoms with Crippen LogP contribution in [0, 0.1) is 0 Å². The number of amides is 1. The number of rotatable bonds is 3. The maximum atomic E-state index is 11.6. The van der Waals surface area contributed by atoms with Crippen LogP contribution in [0.5, 0.6) is 0 Å². The zero-order valence-electron chi connectivity index (χ0n) is 11.2. The molecule has 4 N–H and O–H groups in total. The Morgan fingerprint density at radius 3 is 2.63 bits per heavy atom. The van der Waals surface area contributed by atoms with Crippen LogP contribution in [0.15, 0.2) is 18.2 Å². The van der Waals surface area contributed by atoms with E-state index in [2.05, 4.69) is 5.32 Å². The van der Waals surface area contributed by atoms with Crippen molar-refractivity contribution in [2.24, 2.45) is 5.73 Å². The molecule has 5 nitrogen and oxygen atoms in total. The summed E-state index contributed by atoms with van der Waals surface area (Å²) in [5.41, 5.74) is 5.80. The van der Waals surface area contributed by atoms with Crippen LogP contribution < -0.4 is 11.1 Å². The second-order valence-electron chi connectivity index (χ2n) is 5.12. The van der Waals surface area contributed by atoms with E-state index in [0.29, 0.717) is 16.3 Å². The number of hydrogen-bond acceptors (Lipinski definition) is 4. The molecule has 6 heteroatoms. The second kappa shape index (κ2) is 6.23. The monoisotopic (exact) mass is 286 g/mol. The van der Waals surface area contributed by atoms with Crippen LogP contribution in [0.3, 0.4) is 0 Å². The van der Waals surface area contributed by atoms with Crippen LogP contribution in [-0.4, -0.2) is 23.3 Å². The first-order valence-electron chi connectivity index (χ1n) is 5.90. The number of hydrogen-bond donors (Lipinski definition) is 3. The summed E-state index contributed by atoms with van der Waals surface area (Å²) in [6.45, 7) is 5.42. The molecule has 106 valence electrons. The molecule has 1 rings (SSSR count). The van der Waals surface area contributed by atoms with E-state index >= 15 is 0 Å². The second-order valence-corrected chi connectivity index (χ2v) is 5.52. The summed E-state index contributed by atoms with van der Waals surface area (Å²) in [4.78, 5) is 11.6. The van der Waals surface area contributed by atoms with Crippen LogP contribution in [0.4, 0.5) is 10.5 Å². The summed E-state index contributed by atoms with van der Waals surface area (Å²) >= 11 is 6.02. The van der Waals surface area contributed by atoms with Crippen molar-refractivity contribution in [1.29, 1.82) is 0 Å². The number of ether oxygens (including phenoxy) is 1. The minimum atomic E-state index is -0.770. The Balaban J connectivity index is 2.78. The first-order chi connectivity index (χ1) is 8.73. The Kier molecular flexibility index (Phi) is 5.17. The lowest BCUT2D eigenvalue weighted by molar-refractivity contribution is 0.0636. The maximum Gasteiger partial charge on any atom is 0.412 e. The van der Waals surface area contributed by atoms with Gasteiger partial charge in [-0.2, -0.15) is 0 Å². The zero-order chi connectivity index (χ0) is 14.6. The molecular weight excluding hydrogens is 268 g/mol. The largest absolute Gasteiger partial charge is 0.444 e. The lowest BCUT2D eigenvalue weighted by Gasteiger charge is -2.20. The maximum absolute atomic E-state index is 11.6. The van der Waals surface area contributed by atoms with Crippen molar-refractivity contribution in [3.8, 4) is 0 Å². The summed E-state index contributed by atoms with van der Waals surface area (Å²) in [5.74, 6) is 0. The predicted molar refractivity (Wildman–Crippen MR) is 75.3 cm³/mol. The number of carbonyl (C=O) groups is 1. The van der Waals surface area contributed by atoms with Crippen molar-refractivity contribution in [3.05, 3.63) is 28.8 Å². The van der Waals surface area contributed by atoms with E-state index in [-0.39, 0.29) is 6.54 Å². The highest BCUT2D eigenvalue weighted by Gasteiger charge is 2.17. The Morgan fingerprint density at radius 1 is 1.53 bits per heavy atom. The van der Waals surface area contributed by atoms with Crippen molar-refractivity contribution >= 4 is 23.4 Å². The van der Waals surface area contributed by atoms with Crippen molar-refractivity contribution in [2.45, 2.75) is 32.5 Å². The van der Waals surface area contributed by atoms with Gasteiger partial charge in [-0.1, -0.05) is 17.7 Å². The van der Waals surface area contributed by atoms with Gasteiger partial charge in [0.15, 0.2) is 0 Å².